The van der Waals surface area contributed by atoms with Gasteiger partial charge in [0, 0.05) is 0 Å². The van der Waals surface area contributed by atoms with E-state index in [9.17, 15) is 0 Å². The largest absolute Gasteiger partial charge is 0.0651 e. The molecule has 0 aliphatic carbocycles. The van der Waals surface area contributed by atoms with Crippen LogP contribution in [0.25, 0.3) is 0 Å². The van der Waals surface area contributed by atoms with E-state index in [0.717, 1.165) is 11.8 Å². The van der Waals surface area contributed by atoms with Gasteiger partial charge in [0.15, 0.2) is 0 Å². The first-order chi connectivity index (χ1) is 7.91. The molecule has 0 saturated heterocycles. The Morgan fingerprint density at radius 3 is 1.71 bits per heavy atom. The van der Waals surface area contributed by atoms with Crippen LogP contribution < -0.4 is 0 Å². The summed E-state index contributed by atoms with van der Waals surface area (Å²) in [6, 6.07) is 0. The topological polar surface area (TPSA) is 0 Å². The van der Waals surface area contributed by atoms with E-state index >= 15 is 0 Å². The Morgan fingerprint density at radius 2 is 1.29 bits per heavy atom. The minimum absolute atomic E-state index is 0.570. The highest BCUT2D eigenvalue weighted by Gasteiger charge is 2.17. The fourth-order valence-electron chi connectivity index (χ4n) is 2.68. The van der Waals surface area contributed by atoms with Crippen molar-refractivity contribution in [2.45, 2.75) is 92.9 Å². The van der Waals surface area contributed by atoms with Crippen LogP contribution in [-0.2, 0) is 0 Å². The highest BCUT2D eigenvalue weighted by Crippen LogP contribution is 2.31. The molecule has 0 atom stereocenters. The predicted octanol–water partition coefficient (Wildman–Crippen LogP) is 6.45. The Hall–Kier alpha value is 0. The third-order valence-electron chi connectivity index (χ3n) is 4.26. The number of hydrogen-bond acceptors (Lipinski definition) is 0. The van der Waals surface area contributed by atoms with E-state index in [4.69, 9.17) is 0 Å². The second-order valence-corrected chi connectivity index (χ2v) is 7.03. The van der Waals surface area contributed by atoms with E-state index in [-0.39, 0.29) is 0 Å². The van der Waals surface area contributed by atoms with E-state index in [1.165, 1.54) is 51.4 Å². The van der Waals surface area contributed by atoms with Crippen LogP contribution in [0.5, 0.6) is 0 Å². The van der Waals surface area contributed by atoms with Gasteiger partial charge in [0.1, 0.15) is 0 Å². The molecule has 0 spiro atoms. The van der Waals surface area contributed by atoms with Crippen molar-refractivity contribution >= 4 is 0 Å². The minimum Gasteiger partial charge on any atom is -0.0651 e. The second kappa shape index (κ2) is 9.00. The first-order valence-corrected chi connectivity index (χ1v) is 7.91. The zero-order valence-corrected chi connectivity index (χ0v) is 13.3. The monoisotopic (exact) mass is 240 g/mol. The van der Waals surface area contributed by atoms with Gasteiger partial charge in [0.25, 0.3) is 0 Å². The summed E-state index contributed by atoms with van der Waals surface area (Å²) in [7, 11) is 0. The standard InChI is InChI=1S/C17H36/c1-7-16(8-2)12-10-14-17(5,6)13-9-11-15(3)4/h15-16H,7-14H2,1-6H3. The first kappa shape index (κ1) is 17.0. The molecule has 0 aromatic carbocycles. The smallest absolute Gasteiger partial charge is 0.0354 e. The van der Waals surface area contributed by atoms with Crippen molar-refractivity contribution in [3.8, 4) is 0 Å². The maximum atomic E-state index is 2.46. The molecule has 0 heteroatoms. The third kappa shape index (κ3) is 9.68. The van der Waals surface area contributed by atoms with Crippen LogP contribution in [0, 0.1) is 17.3 Å². The summed E-state index contributed by atoms with van der Waals surface area (Å²) in [5.74, 6) is 1.84. The van der Waals surface area contributed by atoms with Crippen molar-refractivity contribution in [1.29, 1.82) is 0 Å². The molecule has 0 heterocycles. The molecule has 0 aliphatic heterocycles. The van der Waals surface area contributed by atoms with Crippen LogP contribution in [0.2, 0.25) is 0 Å². The van der Waals surface area contributed by atoms with E-state index in [1.54, 1.807) is 0 Å². The Labute approximate surface area is 111 Å². The van der Waals surface area contributed by atoms with Crippen LogP contribution >= 0.6 is 0 Å². The summed E-state index contributed by atoms with van der Waals surface area (Å²) in [6.07, 6.45) is 11.2. The Morgan fingerprint density at radius 1 is 0.824 bits per heavy atom. The molecule has 0 rings (SSSR count). The SMILES string of the molecule is CCC(CC)CCCC(C)(C)CCCC(C)C. The van der Waals surface area contributed by atoms with Gasteiger partial charge >= 0.3 is 0 Å². The summed E-state index contributed by atoms with van der Waals surface area (Å²) >= 11 is 0. The molecular weight excluding hydrogens is 204 g/mol. The summed E-state index contributed by atoms with van der Waals surface area (Å²) < 4.78 is 0. The zero-order valence-electron chi connectivity index (χ0n) is 13.3. The van der Waals surface area contributed by atoms with Gasteiger partial charge in [0.2, 0.25) is 0 Å². The van der Waals surface area contributed by atoms with Gasteiger partial charge in [-0.15, -0.1) is 0 Å². The average molecular weight is 240 g/mol. The van der Waals surface area contributed by atoms with Crippen LogP contribution in [-0.4, -0.2) is 0 Å². The lowest BCUT2D eigenvalue weighted by Crippen LogP contribution is -2.12. The van der Waals surface area contributed by atoms with Gasteiger partial charge in [-0.25, -0.2) is 0 Å². The number of rotatable bonds is 10. The predicted molar refractivity (Wildman–Crippen MR) is 80.4 cm³/mol. The van der Waals surface area contributed by atoms with Gasteiger partial charge in [0.05, 0.1) is 0 Å². The fourth-order valence-corrected chi connectivity index (χ4v) is 2.68. The molecule has 0 amide bonds. The van der Waals surface area contributed by atoms with E-state index in [1.807, 2.05) is 0 Å². The summed E-state index contributed by atoms with van der Waals surface area (Å²) in [5, 5.41) is 0. The maximum Gasteiger partial charge on any atom is -0.0354 e. The maximum absolute atomic E-state index is 2.46. The Balaban J connectivity index is 3.69. The first-order valence-electron chi connectivity index (χ1n) is 7.91. The molecule has 0 radical (unpaired) electrons. The fraction of sp³-hybridized carbons (Fsp3) is 1.00. The van der Waals surface area contributed by atoms with Crippen molar-refractivity contribution in [3.05, 3.63) is 0 Å². The van der Waals surface area contributed by atoms with Crippen LogP contribution in [0.3, 0.4) is 0 Å². The minimum atomic E-state index is 0.570. The molecule has 0 N–H and O–H groups in total. The molecular formula is C17H36. The lowest BCUT2D eigenvalue weighted by Gasteiger charge is -2.26. The van der Waals surface area contributed by atoms with E-state index in [2.05, 4.69) is 41.5 Å². The van der Waals surface area contributed by atoms with Crippen molar-refractivity contribution in [2.75, 3.05) is 0 Å². The Bertz CT molecular complexity index is 163. The van der Waals surface area contributed by atoms with Gasteiger partial charge < -0.3 is 0 Å². The van der Waals surface area contributed by atoms with Gasteiger partial charge in [-0.2, -0.15) is 0 Å². The highest BCUT2D eigenvalue weighted by molar-refractivity contribution is 4.70. The second-order valence-electron chi connectivity index (χ2n) is 7.03. The van der Waals surface area contributed by atoms with Crippen molar-refractivity contribution in [2.24, 2.45) is 17.3 Å². The van der Waals surface area contributed by atoms with Gasteiger partial charge in [-0.05, 0) is 30.1 Å². The molecule has 0 nitrogen and oxygen atoms in total. The molecule has 17 heavy (non-hydrogen) atoms. The molecule has 0 fully saturated rings. The molecule has 0 saturated carbocycles. The normalized spacial score (nSPS) is 12.7. The van der Waals surface area contributed by atoms with Crippen LogP contribution in [0.4, 0.5) is 0 Å². The third-order valence-corrected chi connectivity index (χ3v) is 4.26. The van der Waals surface area contributed by atoms with Crippen molar-refractivity contribution < 1.29 is 0 Å². The molecule has 0 aromatic rings. The van der Waals surface area contributed by atoms with E-state index < -0.39 is 0 Å². The number of hydrogen-bond donors (Lipinski definition) is 0. The molecule has 0 unspecified atom stereocenters. The zero-order chi connectivity index (χ0) is 13.3. The van der Waals surface area contributed by atoms with Gasteiger partial charge in [-0.1, -0.05) is 80.1 Å². The summed E-state index contributed by atoms with van der Waals surface area (Å²) in [6.45, 7) is 14.3. The molecule has 0 aliphatic rings. The highest BCUT2D eigenvalue weighted by atomic mass is 14.2. The quantitative estimate of drug-likeness (QED) is 0.412. The average Bonchev–Trinajstić information content (AvgIpc) is 2.23. The summed E-state index contributed by atoms with van der Waals surface area (Å²) in [4.78, 5) is 0. The lowest BCUT2D eigenvalue weighted by molar-refractivity contribution is 0.267. The molecule has 104 valence electrons. The molecule has 0 bridgehead atoms. The van der Waals surface area contributed by atoms with Gasteiger partial charge in [-0.3, -0.25) is 0 Å². The van der Waals surface area contributed by atoms with Crippen LogP contribution in [0.1, 0.15) is 92.9 Å². The Kier molecular flexibility index (Phi) is 9.00. The lowest BCUT2D eigenvalue weighted by atomic mass is 9.80. The van der Waals surface area contributed by atoms with Crippen molar-refractivity contribution in [1.82, 2.24) is 0 Å². The van der Waals surface area contributed by atoms with Crippen molar-refractivity contribution in [3.63, 3.8) is 0 Å². The summed E-state index contributed by atoms with van der Waals surface area (Å²) in [5.41, 5.74) is 0.570. The van der Waals surface area contributed by atoms with Crippen LogP contribution in [0.15, 0.2) is 0 Å². The van der Waals surface area contributed by atoms with E-state index in [0.29, 0.717) is 5.41 Å². The molecule has 0 aromatic heterocycles.